The lowest BCUT2D eigenvalue weighted by atomic mass is 9.81. The van der Waals surface area contributed by atoms with Crippen molar-refractivity contribution in [2.45, 2.75) is 46.0 Å². The average Bonchev–Trinajstić information content (AvgIpc) is 3.35. The van der Waals surface area contributed by atoms with E-state index in [1.54, 1.807) is 43.0 Å². The van der Waals surface area contributed by atoms with Crippen molar-refractivity contribution in [1.82, 2.24) is 19.3 Å². The number of carbonyl (C=O) groups is 1. The van der Waals surface area contributed by atoms with Gasteiger partial charge in [0.15, 0.2) is 11.4 Å². The zero-order chi connectivity index (χ0) is 30.7. The SMILES string of the molecule is CCOC(=O)c1nn(-c2cc(C#N)ncc2OC)c(C(C)C)c1C(Cc1cc(Cl)c(=O)n(C)c1)c1ccc(Cl)cc1C. The summed E-state index contributed by atoms with van der Waals surface area (Å²) in [6, 6.07) is 10.9. The van der Waals surface area contributed by atoms with Crippen LogP contribution < -0.4 is 10.3 Å². The molecule has 11 heteroatoms. The molecule has 0 aliphatic rings. The number of methoxy groups -OCH3 is 1. The lowest BCUT2D eigenvalue weighted by Crippen LogP contribution is -2.19. The molecule has 0 N–H and O–H groups in total. The fourth-order valence-corrected chi connectivity index (χ4v) is 5.67. The molecule has 0 bridgehead atoms. The number of pyridine rings is 2. The van der Waals surface area contributed by atoms with Gasteiger partial charge in [-0.15, -0.1) is 0 Å². The summed E-state index contributed by atoms with van der Waals surface area (Å²) in [7, 11) is 3.14. The van der Waals surface area contributed by atoms with Crippen molar-refractivity contribution in [1.29, 1.82) is 5.26 Å². The number of nitriles is 1. The van der Waals surface area contributed by atoms with Crippen LogP contribution in [0.3, 0.4) is 0 Å². The van der Waals surface area contributed by atoms with Gasteiger partial charge in [-0.25, -0.2) is 14.5 Å². The minimum Gasteiger partial charge on any atom is -0.493 e. The number of carbonyl (C=O) groups excluding carboxylic acids is 1. The molecule has 0 radical (unpaired) electrons. The summed E-state index contributed by atoms with van der Waals surface area (Å²) in [4.78, 5) is 30.1. The summed E-state index contributed by atoms with van der Waals surface area (Å²) in [5.74, 6) is -0.774. The lowest BCUT2D eigenvalue weighted by molar-refractivity contribution is 0.0517. The van der Waals surface area contributed by atoms with Crippen LogP contribution in [0.1, 0.15) is 76.7 Å². The molecule has 42 heavy (non-hydrogen) atoms. The monoisotopic (exact) mass is 607 g/mol. The highest BCUT2D eigenvalue weighted by Gasteiger charge is 2.34. The van der Waals surface area contributed by atoms with E-state index in [2.05, 4.69) is 11.1 Å². The predicted molar refractivity (Wildman–Crippen MR) is 161 cm³/mol. The molecular formula is C31H31Cl2N5O4. The van der Waals surface area contributed by atoms with E-state index in [0.29, 0.717) is 28.4 Å². The molecule has 0 aliphatic heterocycles. The maximum Gasteiger partial charge on any atom is 0.359 e. The Bertz CT molecular complexity index is 1730. The Labute approximate surface area is 254 Å². The smallest absolute Gasteiger partial charge is 0.359 e. The first-order valence-electron chi connectivity index (χ1n) is 13.4. The minimum atomic E-state index is -0.586. The molecule has 0 amide bonds. The second-order valence-electron chi connectivity index (χ2n) is 10.2. The van der Waals surface area contributed by atoms with Gasteiger partial charge in [-0.2, -0.15) is 10.4 Å². The first-order valence-corrected chi connectivity index (χ1v) is 14.1. The topological polar surface area (TPSA) is 112 Å². The molecule has 4 aromatic rings. The molecular weight excluding hydrogens is 577 g/mol. The van der Waals surface area contributed by atoms with E-state index in [-0.39, 0.29) is 34.5 Å². The van der Waals surface area contributed by atoms with Crippen LogP contribution in [0.5, 0.6) is 5.75 Å². The van der Waals surface area contributed by atoms with E-state index in [4.69, 9.17) is 37.8 Å². The molecule has 1 atom stereocenters. The van der Waals surface area contributed by atoms with Crippen molar-refractivity contribution in [3.63, 3.8) is 0 Å². The van der Waals surface area contributed by atoms with Crippen molar-refractivity contribution in [2.75, 3.05) is 13.7 Å². The largest absolute Gasteiger partial charge is 0.493 e. The molecule has 9 nitrogen and oxygen atoms in total. The zero-order valence-corrected chi connectivity index (χ0v) is 25.7. The Balaban J connectivity index is 2.11. The van der Waals surface area contributed by atoms with Crippen LogP contribution in [0, 0.1) is 18.3 Å². The molecule has 3 aromatic heterocycles. The molecule has 3 heterocycles. The van der Waals surface area contributed by atoms with Gasteiger partial charge in [0.25, 0.3) is 5.56 Å². The standard InChI is InChI=1S/C31H31Cl2N5O4/c1-7-42-31(40)28-27(29(17(2)3)38(36-28)25-13-21(14-34)35-15-26(25)41-6)23(22-9-8-20(32)10-18(22)4)11-19-12-24(33)30(39)37(5)16-19/h8-10,12-13,15-17,23H,7,11H2,1-6H3. The highest BCUT2D eigenvalue weighted by molar-refractivity contribution is 6.30. The van der Waals surface area contributed by atoms with Crippen molar-refractivity contribution in [3.05, 3.63) is 102 Å². The number of rotatable bonds is 9. The highest BCUT2D eigenvalue weighted by atomic mass is 35.5. The number of benzene rings is 1. The van der Waals surface area contributed by atoms with E-state index < -0.39 is 11.9 Å². The third-order valence-electron chi connectivity index (χ3n) is 6.98. The Kier molecular flexibility index (Phi) is 9.40. The van der Waals surface area contributed by atoms with Gasteiger partial charge < -0.3 is 14.0 Å². The average molecular weight is 609 g/mol. The number of ether oxygens (including phenoxy) is 2. The number of hydrogen-bond acceptors (Lipinski definition) is 7. The van der Waals surface area contributed by atoms with E-state index in [0.717, 1.165) is 22.4 Å². The Morgan fingerprint density at radius 3 is 2.52 bits per heavy atom. The second kappa shape index (κ2) is 12.8. The summed E-state index contributed by atoms with van der Waals surface area (Å²) < 4.78 is 14.2. The van der Waals surface area contributed by atoms with Gasteiger partial charge in [0.2, 0.25) is 0 Å². The van der Waals surface area contributed by atoms with E-state index in [1.165, 1.54) is 17.9 Å². The first-order chi connectivity index (χ1) is 20.0. The molecule has 0 aliphatic carbocycles. The summed E-state index contributed by atoms with van der Waals surface area (Å²) in [5.41, 5.74) is 4.44. The summed E-state index contributed by atoms with van der Waals surface area (Å²) in [6.45, 7) is 7.84. The van der Waals surface area contributed by atoms with Crippen LogP contribution in [0.4, 0.5) is 0 Å². The normalized spacial score (nSPS) is 11.8. The summed E-state index contributed by atoms with van der Waals surface area (Å²) >= 11 is 12.7. The molecule has 4 rings (SSSR count). The molecule has 0 spiro atoms. The van der Waals surface area contributed by atoms with Crippen LogP contribution >= 0.6 is 23.2 Å². The summed E-state index contributed by atoms with van der Waals surface area (Å²) in [5, 5.41) is 15.1. The van der Waals surface area contributed by atoms with Gasteiger partial charge in [-0.1, -0.05) is 43.1 Å². The maximum atomic E-state index is 13.6. The fraction of sp³-hybridized carbons (Fsp3) is 0.323. The fourth-order valence-electron chi connectivity index (χ4n) is 5.17. The second-order valence-corrected chi connectivity index (χ2v) is 11.0. The first kappa shape index (κ1) is 30.8. The van der Waals surface area contributed by atoms with Gasteiger partial charge >= 0.3 is 5.97 Å². The highest BCUT2D eigenvalue weighted by Crippen LogP contribution is 2.40. The molecule has 0 saturated carbocycles. The Morgan fingerprint density at radius 2 is 1.93 bits per heavy atom. The van der Waals surface area contributed by atoms with Gasteiger partial charge in [0, 0.05) is 35.8 Å². The van der Waals surface area contributed by atoms with Gasteiger partial charge in [0.1, 0.15) is 22.5 Å². The van der Waals surface area contributed by atoms with Crippen LogP contribution in [0.15, 0.2) is 47.5 Å². The minimum absolute atomic E-state index is 0.0949. The van der Waals surface area contributed by atoms with E-state index in [1.807, 2.05) is 32.9 Å². The molecule has 218 valence electrons. The Morgan fingerprint density at radius 1 is 1.19 bits per heavy atom. The summed E-state index contributed by atoms with van der Waals surface area (Å²) in [6.07, 6.45) is 3.57. The van der Waals surface area contributed by atoms with Gasteiger partial charge in [-0.05, 0) is 61.1 Å². The van der Waals surface area contributed by atoms with Gasteiger partial charge in [-0.3, -0.25) is 4.79 Å². The molecule has 0 fully saturated rings. The van der Waals surface area contributed by atoms with Crippen molar-refractivity contribution >= 4 is 29.2 Å². The van der Waals surface area contributed by atoms with Gasteiger partial charge in [0.05, 0.1) is 25.6 Å². The number of aryl methyl sites for hydroxylation is 2. The van der Waals surface area contributed by atoms with Crippen LogP contribution in [0.2, 0.25) is 10.0 Å². The van der Waals surface area contributed by atoms with Crippen LogP contribution in [0.25, 0.3) is 5.69 Å². The third-order valence-corrected chi connectivity index (χ3v) is 7.48. The molecule has 1 aromatic carbocycles. The quantitative estimate of drug-likeness (QED) is 0.210. The van der Waals surface area contributed by atoms with Crippen molar-refractivity contribution < 1.29 is 14.3 Å². The maximum absolute atomic E-state index is 13.6. The van der Waals surface area contributed by atoms with Crippen LogP contribution in [-0.4, -0.2) is 39.0 Å². The number of aromatic nitrogens is 4. The molecule has 0 saturated heterocycles. The number of esters is 1. The number of nitrogens with zero attached hydrogens (tertiary/aromatic N) is 5. The zero-order valence-electron chi connectivity index (χ0n) is 24.2. The lowest BCUT2D eigenvalue weighted by Gasteiger charge is -2.24. The number of hydrogen-bond donors (Lipinski definition) is 0. The number of halogens is 2. The van der Waals surface area contributed by atoms with E-state index in [9.17, 15) is 14.9 Å². The Hall–Kier alpha value is -4.13. The molecule has 1 unspecified atom stereocenters. The third kappa shape index (κ3) is 6.06. The van der Waals surface area contributed by atoms with Crippen LogP contribution in [-0.2, 0) is 18.2 Å². The van der Waals surface area contributed by atoms with Crippen molar-refractivity contribution in [2.24, 2.45) is 7.05 Å². The van der Waals surface area contributed by atoms with Crippen molar-refractivity contribution in [3.8, 4) is 17.5 Å². The van der Waals surface area contributed by atoms with E-state index >= 15 is 0 Å². The predicted octanol–water partition coefficient (Wildman–Crippen LogP) is 6.14.